The highest BCUT2D eigenvalue weighted by Crippen LogP contribution is 2.35. The van der Waals surface area contributed by atoms with E-state index < -0.39 is 0 Å². The highest BCUT2D eigenvalue weighted by atomic mass is 32.1. The summed E-state index contributed by atoms with van der Waals surface area (Å²) in [6, 6.07) is 4.21. The van der Waals surface area contributed by atoms with E-state index in [2.05, 4.69) is 41.9 Å². The summed E-state index contributed by atoms with van der Waals surface area (Å²) in [6.07, 6.45) is 2.90. The second kappa shape index (κ2) is 10.9. The third-order valence-corrected chi connectivity index (χ3v) is 6.86. The van der Waals surface area contributed by atoms with Gasteiger partial charge in [-0.25, -0.2) is 0 Å². The Morgan fingerprint density at radius 1 is 1.31 bits per heavy atom. The molecule has 1 aliphatic rings. The van der Waals surface area contributed by atoms with Crippen molar-refractivity contribution in [2.75, 3.05) is 18.5 Å². The van der Waals surface area contributed by atoms with Crippen LogP contribution in [-0.2, 0) is 0 Å². The van der Waals surface area contributed by atoms with Crippen LogP contribution in [0.25, 0.3) is 0 Å². The quantitative estimate of drug-likeness (QED) is 0.180. The van der Waals surface area contributed by atoms with Crippen LogP contribution in [-0.4, -0.2) is 55.5 Å². The van der Waals surface area contributed by atoms with Crippen molar-refractivity contribution < 1.29 is 20.1 Å². The van der Waals surface area contributed by atoms with Gasteiger partial charge >= 0.3 is 0 Å². The number of carbonyl (C=O) groups excluding carboxylic acids is 1. The summed E-state index contributed by atoms with van der Waals surface area (Å²) in [4.78, 5) is 15.0. The fraction of sp³-hybridized carbons (Fsp3) is 0.400. The van der Waals surface area contributed by atoms with Crippen molar-refractivity contribution in [3.63, 3.8) is 0 Å². The molecular formula is C25H33N5O4S. The van der Waals surface area contributed by atoms with Crippen LogP contribution in [0.2, 0.25) is 0 Å². The Hall–Kier alpha value is -3.37. The minimum atomic E-state index is -0.381. The van der Waals surface area contributed by atoms with Crippen LogP contribution in [0.1, 0.15) is 57.0 Å². The van der Waals surface area contributed by atoms with Crippen LogP contribution >= 0.6 is 11.5 Å². The van der Waals surface area contributed by atoms with Gasteiger partial charge in [-0.3, -0.25) is 10.2 Å². The minimum Gasteiger partial charge on any atom is -0.507 e. The number of aliphatic hydroxyl groups is 1. The van der Waals surface area contributed by atoms with Crippen molar-refractivity contribution in [1.82, 2.24) is 14.6 Å². The Labute approximate surface area is 209 Å². The molecular weight excluding hydrogens is 466 g/mol. The molecule has 0 aliphatic carbocycles. The van der Waals surface area contributed by atoms with E-state index in [0.29, 0.717) is 23.2 Å². The number of benzene rings is 1. The molecule has 3 rings (SSSR count). The van der Waals surface area contributed by atoms with Crippen LogP contribution in [0.15, 0.2) is 41.1 Å². The predicted molar refractivity (Wildman–Crippen MR) is 139 cm³/mol. The lowest BCUT2D eigenvalue weighted by Crippen LogP contribution is -2.35. The summed E-state index contributed by atoms with van der Waals surface area (Å²) < 4.78 is 3.91. The number of aromatic hydroxyl groups is 2. The highest BCUT2D eigenvalue weighted by Gasteiger charge is 2.27. The first-order valence-corrected chi connectivity index (χ1v) is 12.3. The highest BCUT2D eigenvalue weighted by molar-refractivity contribution is 7.11. The van der Waals surface area contributed by atoms with Crippen molar-refractivity contribution in [2.45, 2.75) is 47.1 Å². The molecule has 10 heteroatoms. The van der Waals surface area contributed by atoms with Gasteiger partial charge in [0.15, 0.2) is 0 Å². The zero-order valence-corrected chi connectivity index (χ0v) is 21.5. The number of aromatic nitrogens is 1. The molecule has 0 spiro atoms. The molecule has 0 saturated heterocycles. The first kappa shape index (κ1) is 26.2. The monoisotopic (exact) mass is 499 g/mol. The molecule has 0 bridgehead atoms. The van der Waals surface area contributed by atoms with Gasteiger partial charge in [0.2, 0.25) is 5.88 Å². The van der Waals surface area contributed by atoms with Crippen LogP contribution < -0.4 is 10.6 Å². The largest absolute Gasteiger partial charge is 0.507 e. The van der Waals surface area contributed by atoms with Gasteiger partial charge in [-0.1, -0.05) is 25.5 Å². The first-order valence-electron chi connectivity index (χ1n) is 11.5. The summed E-state index contributed by atoms with van der Waals surface area (Å²) in [5.41, 5.74) is 4.05. The lowest BCUT2D eigenvalue weighted by Gasteiger charge is -2.19. The van der Waals surface area contributed by atoms with Gasteiger partial charge in [0.05, 0.1) is 12.2 Å². The number of hydrogen-bond acceptors (Lipinski definition) is 8. The smallest absolute Gasteiger partial charge is 0.261 e. The van der Waals surface area contributed by atoms with Gasteiger partial charge in [-0.2, -0.15) is 4.37 Å². The van der Waals surface area contributed by atoms with Crippen molar-refractivity contribution in [1.29, 1.82) is 5.41 Å². The van der Waals surface area contributed by atoms with Gasteiger partial charge in [-0.05, 0) is 68.4 Å². The van der Waals surface area contributed by atoms with Crippen molar-refractivity contribution in [2.24, 2.45) is 5.92 Å². The zero-order chi connectivity index (χ0) is 25.9. The minimum absolute atomic E-state index is 0.0921. The molecule has 35 heavy (non-hydrogen) atoms. The maximum atomic E-state index is 13.3. The normalized spacial score (nSPS) is 15.1. The summed E-state index contributed by atoms with van der Waals surface area (Å²) in [5, 5.41) is 44.4. The number of rotatable bonds is 8. The lowest BCUT2D eigenvalue weighted by atomic mass is 10.0. The van der Waals surface area contributed by atoms with E-state index in [0.717, 1.165) is 29.2 Å². The molecule has 0 radical (unpaired) electrons. The number of nitrogens with one attached hydrogen (secondary N) is 3. The summed E-state index contributed by atoms with van der Waals surface area (Å²) in [7, 11) is 0. The van der Waals surface area contributed by atoms with Crippen LogP contribution in [0.4, 0.5) is 10.7 Å². The number of amides is 1. The number of nitrogens with zero attached hydrogens (tertiary/aromatic N) is 2. The number of aliphatic hydroxyl groups excluding tert-OH is 1. The SMILES string of the molecule is CC1=C(/C=C(/C)C(C)C)CCN1C(=O)c1cc(Nc2snc(O)c2C(=N)NC(C)CO)ccc1O. The molecule has 1 aromatic carbocycles. The van der Waals surface area contributed by atoms with Gasteiger partial charge in [0.25, 0.3) is 5.91 Å². The molecule has 2 aromatic rings. The Bertz CT molecular complexity index is 1180. The Morgan fingerprint density at radius 3 is 2.69 bits per heavy atom. The van der Waals surface area contributed by atoms with Gasteiger partial charge in [0, 0.05) is 24.0 Å². The molecule has 6 N–H and O–H groups in total. The molecule has 9 nitrogen and oxygen atoms in total. The fourth-order valence-electron chi connectivity index (χ4n) is 3.64. The van der Waals surface area contributed by atoms with Crippen molar-refractivity contribution >= 4 is 34.0 Å². The zero-order valence-electron chi connectivity index (χ0n) is 20.6. The van der Waals surface area contributed by atoms with E-state index in [-0.39, 0.29) is 47.1 Å². The maximum Gasteiger partial charge on any atom is 0.261 e. The number of carbonyl (C=O) groups is 1. The second-order valence-corrected chi connectivity index (χ2v) is 9.80. The molecule has 1 aliphatic heterocycles. The molecule has 1 atom stereocenters. The van der Waals surface area contributed by atoms with Crippen molar-refractivity contribution in [3.05, 3.63) is 52.2 Å². The standard InChI is InChI=1S/C25H33N5O4S/c1-13(2)14(3)10-17-8-9-30(16(17)5)25(34)19-11-18(6-7-20(19)32)28-24-21(23(33)29-35-24)22(26)27-15(4)12-31/h6-7,10-11,13,15,28,31-32H,8-9,12H2,1-5H3,(H2,26,27)(H,29,33)/b14-10-. The average molecular weight is 500 g/mol. The molecule has 1 aromatic heterocycles. The van der Waals surface area contributed by atoms with E-state index >= 15 is 0 Å². The molecule has 2 heterocycles. The number of allylic oxidation sites excluding steroid dienone is 3. The van der Waals surface area contributed by atoms with E-state index in [4.69, 9.17) is 5.41 Å². The van der Waals surface area contributed by atoms with Crippen LogP contribution in [0.5, 0.6) is 11.6 Å². The first-order chi connectivity index (χ1) is 16.5. The molecule has 0 saturated carbocycles. The lowest BCUT2D eigenvalue weighted by molar-refractivity contribution is 0.0816. The molecule has 0 fully saturated rings. The number of phenols is 1. The summed E-state index contributed by atoms with van der Waals surface area (Å²) >= 11 is 0.960. The average Bonchev–Trinajstić information content (AvgIpc) is 3.36. The number of hydrogen-bond donors (Lipinski definition) is 6. The number of amidine groups is 1. The van der Waals surface area contributed by atoms with Gasteiger partial charge in [-0.15, -0.1) is 0 Å². The van der Waals surface area contributed by atoms with E-state index in [9.17, 15) is 20.1 Å². The molecule has 1 amide bonds. The van der Waals surface area contributed by atoms with Crippen LogP contribution in [0, 0.1) is 11.3 Å². The van der Waals surface area contributed by atoms with Crippen molar-refractivity contribution in [3.8, 4) is 11.6 Å². The maximum absolute atomic E-state index is 13.3. The molecule has 188 valence electrons. The Kier molecular flexibility index (Phi) is 8.18. The van der Waals surface area contributed by atoms with Crippen LogP contribution in [0.3, 0.4) is 0 Å². The van der Waals surface area contributed by atoms with E-state index in [1.807, 2.05) is 6.92 Å². The summed E-state index contributed by atoms with van der Waals surface area (Å²) in [6.45, 7) is 10.3. The van der Waals surface area contributed by atoms with E-state index in [1.165, 1.54) is 11.6 Å². The second-order valence-electron chi connectivity index (χ2n) is 9.03. The topological polar surface area (TPSA) is 142 Å². The third kappa shape index (κ3) is 5.83. The predicted octanol–water partition coefficient (Wildman–Crippen LogP) is 4.32. The number of anilines is 2. The van der Waals surface area contributed by atoms with Gasteiger partial charge < -0.3 is 30.9 Å². The molecule has 1 unspecified atom stereocenters. The summed E-state index contributed by atoms with van der Waals surface area (Å²) in [5.74, 6) is -0.413. The Balaban J connectivity index is 1.86. The number of phenolic OH excluding ortho intramolecular Hbond substituents is 1. The van der Waals surface area contributed by atoms with E-state index in [1.54, 1.807) is 24.0 Å². The third-order valence-electron chi connectivity index (χ3n) is 6.11. The Morgan fingerprint density at radius 2 is 2.03 bits per heavy atom. The van der Waals surface area contributed by atoms with Gasteiger partial charge in [0.1, 0.15) is 22.1 Å². The fourth-order valence-corrected chi connectivity index (χ4v) is 4.36.